The Balaban J connectivity index is 1.39. The Kier molecular flexibility index (Phi) is 4.73. The number of hydrogen-bond acceptors (Lipinski definition) is 4. The minimum absolute atomic E-state index is 0.440. The molecule has 0 bridgehead atoms. The Hall–Kier alpha value is -1.17. The van der Waals surface area contributed by atoms with Gasteiger partial charge in [0.25, 0.3) is 0 Å². The Morgan fingerprint density at radius 1 is 1.33 bits per heavy atom. The van der Waals surface area contributed by atoms with Crippen molar-refractivity contribution in [3.8, 4) is 0 Å². The van der Waals surface area contributed by atoms with Gasteiger partial charge >= 0.3 is 0 Å². The second-order valence-electron chi connectivity index (χ2n) is 5.53. The van der Waals surface area contributed by atoms with Crippen molar-refractivity contribution in [2.24, 2.45) is 0 Å². The predicted octanol–water partition coefficient (Wildman–Crippen LogP) is 3.53. The highest BCUT2D eigenvalue weighted by atomic mass is 79.9. The molecule has 4 nitrogen and oxygen atoms in total. The van der Waals surface area contributed by atoms with Crippen LogP contribution in [0.2, 0.25) is 0 Å². The van der Waals surface area contributed by atoms with Gasteiger partial charge in [-0.2, -0.15) is 0 Å². The molecule has 1 saturated carbocycles. The van der Waals surface area contributed by atoms with E-state index >= 15 is 0 Å². The van der Waals surface area contributed by atoms with Gasteiger partial charge in [0, 0.05) is 23.0 Å². The van der Waals surface area contributed by atoms with Crippen LogP contribution in [0.5, 0.6) is 0 Å². The molecule has 1 aliphatic carbocycles. The molecule has 0 amide bonds. The van der Waals surface area contributed by atoms with E-state index in [1.54, 1.807) is 0 Å². The van der Waals surface area contributed by atoms with Gasteiger partial charge in [-0.25, -0.2) is 0 Å². The first-order chi connectivity index (χ1) is 10.2. The molecule has 1 aromatic heterocycles. The number of aliphatic hydroxyl groups excluding tert-OH is 1. The topological polar surface area (TPSA) is 58.3 Å². The second kappa shape index (κ2) is 6.73. The normalized spacial score (nSPS) is 16.1. The molecule has 1 atom stereocenters. The standard InChI is InChI=1S/C16H19BrN2O2/c17-13-5-3-11(4-6-13)15(20)7-8-18-10-14-9-16(21-19-14)12-1-2-12/h3-6,9,12,15,18,20H,1-2,7-8,10H2. The lowest BCUT2D eigenvalue weighted by atomic mass is 10.1. The molecule has 2 aromatic rings. The number of aliphatic hydroxyl groups is 1. The highest BCUT2D eigenvalue weighted by Crippen LogP contribution is 2.40. The van der Waals surface area contributed by atoms with Crippen LogP contribution in [-0.2, 0) is 6.54 Å². The van der Waals surface area contributed by atoms with Gasteiger partial charge in [0.05, 0.1) is 11.8 Å². The second-order valence-corrected chi connectivity index (χ2v) is 6.44. The molecule has 1 aromatic carbocycles. The highest BCUT2D eigenvalue weighted by Gasteiger charge is 2.27. The van der Waals surface area contributed by atoms with Crippen LogP contribution < -0.4 is 5.32 Å². The molecule has 112 valence electrons. The van der Waals surface area contributed by atoms with E-state index in [2.05, 4.69) is 26.4 Å². The largest absolute Gasteiger partial charge is 0.388 e. The van der Waals surface area contributed by atoms with E-state index in [1.165, 1.54) is 12.8 Å². The summed E-state index contributed by atoms with van der Waals surface area (Å²) >= 11 is 3.39. The highest BCUT2D eigenvalue weighted by molar-refractivity contribution is 9.10. The third kappa shape index (κ3) is 4.15. The van der Waals surface area contributed by atoms with E-state index < -0.39 is 6.10 Å². The fourth-order valence-corrected chi connectivity index (χ4v) is 2.54. The van der Waals surface area contributed by atoms with E-state index in [4.69, 9.17) is 4.52 Å². The lowest BCUT2D eigenvalue weighted by Gasteiger charge is -2.11. The Morgan fingerprint density at radius 2 is 2.10 bits per heavy atom. The molecule has 21 heavy (non-hydrogen) atoms. The predicted molar refractivity (Wildman–Crippen MR) is 83.9 cm³/mol. The summed E-state index contributed by atoms with van der Waals surface area (Å²) in [5, 5.41) is 17.5. The molecule has 0 saturated heterocycles. The van der Waals surface area contributed by atoms with Crippen molar-refractivity contribution >= 4 is 15.9 Å². The van der Waals surface area contributed by atoms with Crippen LogP contribution >= 0.6 is 15.9 Å². The van der Waals surface area contributed by atoms with Gasteiger partial charge in [-0.15, -0.1) is 0 Å². The zero-order valence-electron chi connectivity index (χ0n) is 11.8. The maximum absolute atomic E-state index is 10.1. The number of nitrogens with zero attached hydrogens (tertiary/aromatic N) is 1. The smallest absolute Gasteiger partial charge is 0.140 e. The molecule has 0 radical (unpaired) electrons. The van der Waals surface area contributed by atoms with Crippen LogP contribution in [0.3, 0.4) is 0 Å². The van der Waals surface area contributed by atoms with Crippen molar-refractivity contribution < 1.29 is 9.63 Å². The minimum Gasteiger partial charge on any atom is -0.388 e. The van der Waals surface area contributed by atoms with Crippen LogP contribution in [0.4, 0.5) is 0 Å². The number of hydrogen-bond donors (Lipinski definition) is 2. The molecule has 0 spiro atoms. The maximum atomic E-state index is 10.1. The van der Waals surface area contributed by atoms with E-state index in [0.29, 0.717) is 18.9 Å². The summed E-state index contributed by atoms with van der Waals surface area (Å²) in [4.78, 5) is 0. The van der Waals surface area contributed by atoms with Crippen LogP contribution in [0.25, 0.3) is 0 Å². The molecular weight excluding hydrogens is 332 g/mol. The number of benzene rings is 1. The first kappa shape index (κ1) is 14.8. The van der Waals surface area contributed by atoms with Crippen LogP contribution in [-0.4, -0.2) is 16.8 Å². The molecular formula is C16H19BrN2O2. The summed E-state index contributed by atoms with van der Waals surface area (Å²) in [6.07, 6.45) is 2.68. The zero-order valence-corrected chi connectivity index (χ0v) is 13.3. The SMILES string of the molecule is OC(CCNCc1cc(C2CC2)on1)c1ccc(Br)cc1. The third-order valence-electron chi connectivity index (χ3n) is 3.71. The average Bonchev–Trinajstić information content (AvgIpc) is 3.24. The van der Waals surface area contributed by atoms with E-state index in [1.807, 2.05) is 30.3 Å². The number of nitrogens with one attached hydrogen (secondary N) is 1. The molecule has 3 rings (SSSR count). The van der Waals surface area contributed by atoms with Crippen molar-refractivity contribution in [1.82, 2.24) is 10.5 Å². The van der Waals surface area contributed by atoms with Gasteiger partial charge in [-0.1, -0.05) is 33.2 Å². The summed E-state index contributed by atoms with van der Waals surface area (Å²) in [5.41, 5.74) is 1.88. The van der Waals surface area contributed by atoms with Gasteiger partial charge in [0.15, 0.2) is 0 Å². The fourth-order valence-electron chi connectivity index (χ4n) is 2.28. The first-order valence-corrected chi connectivity index (χ1v) is 8.11. The number of rotatable bonds is 7. The van der Waals surface area contributed by atoms with Gasteiger partial charge in [-0.3, -0.25) is 0 Å². The lowest BCUT2D eigenvalue weighted by molar-refractivity contribution is 0.166. The number of halogens is 1. The monoisotopic (exact) mass is 350 g/mol. The van der Waals surface area contributed by atoms with Crippen molar-refractivity contribution in [3.63, 3.8) is 0 Å². The fraction of sp³-hybridized carbons (Fsp3) is 0.438. The third-order valence-corrected chi connectivity index (χ3v) is 4.24. The van der Waals surface area contributed by atoms with Gasteiger partial charge in [-0.05, 0) is 43.5 Å². The molecule has 5 heteroatoms. The molecule has 1 heterocycles. The van der Waals surface area contributed by atoms with Crippen LogP contribution in [0, 0.1) is 0 Å². The average molecular weight is 351 g/mol. The van der Waals surface area contributed by atoms with E-state index in [9.17, 15) is 5.11 Å². The van der Waals surface area contributed by atoms with E-state index in [0.717, 1.165) is 28.0 Å². The summed E-state index contributed by atoms with van der Waals surface area (Å²) in [6, 6.07) is 9.81. The minimum atomic E-state index is -0.440. The molecule has 1 aliphatic rings. The summed E-state index contributed by atoms with van der Waals surface area (Å²) in [6.45, 7) is 1.42. The quantitative estimate of drug-likeness (QED) is 0.750. The molecule has 1 fully saturated rings. The first-order valence-electron chi connectivity index (χ1n) is 7.32. The van der Waals surface area contributed by atoms with E-state index in [-0.39, 0.29) is 0 Å². The van der Waals surface area contributed by atoms with Gasteiger partial charge < -0.3 is 14.9 Å². The molecule has 0 aliphatic heterocycles. The number of aromatic nitrogens is 1. The van der Waals surface area contributed by atoms with Crippen molar-refractivity contribution in [1.29, 1.82) is 0 Å². The van der Waals surface area contributed by atoms with Crippen molar-refractivity contribution in [2.45, 2.75) is 37.8 Å². The van der Waals surface area contributed by atoms with Gasteiger partial charge in [0.1, 0.15) is 5.76 Å². The summed E-state index contributed by atoms with van der Waals surface area (Å²) in [5.74, 6) is 1.62. The molecule has 2 N–H and O–H groups in total. The van der Waals surface area contributed by atoms with Crippen LogP contribution in [0.1, 0.15) is 48.3 Å². The van der Waals surface area contributed by atoms with Crippen LogP contribution in [0.15, 0.2) is 39.3 Å². The molecule has 1 unspecified atom stereocenters. The maximum Gasteiger partial charge on any atom is 0.140 e. The summed E-state index contributed by atoms with van der Waals surface area (Å²) < 4.78 is 6.33. The summed E-state index contributed by atoms with van der Waals surface area (Å²) in [7, 11) is 0. The zero-order chi connectivity index (χ0) is 14.7. The van der Waals surface area contributed by atoms with Gasteiger partial charge in [0.2, 0.25) is 0 Å². The van der Waals surface area contributed by atoms with Crippen molar-refractivity contribution in [2.75, 3.05) is 6.54 Å². The Bertz CT molecular complexity index is 578. The lowest BCUT2D eigenvalue weighted by Crippen LogP contribution is -2.17. The Labute approximate surface area is 132 Å². The van der Waals surface area contributed by atoms with Crippen molar-refractivity contribution in [3.05, 3.63) is 51.8 Å². The Morgan fingerprint density at radius 3 is 2.81 bits per heavy atom.